The lowest BCUT2D eigenvalue weighted by molar-refractivity contribution is -0.119. The van der Waals surface area contributed by atoms with Crippen molar-refractivity contribution in [1.82, 2.24) is 4.57 Å². The molecule has 0 aliphatic rings. The number of carbonyl (C=O) groups excluding carboxylic acids is 2. The molecule has 0 saturated heterocycles. The summed E-state index contributed by atoms with van der Waals surface area (Å²) in [7, 11) is 0. The SMILES string of the molecule is Cc1c([C@H](C)C(N)=O)c2c(F)c(O)ccc2n1C(=O)c1ccc(F)c(F)c1. The number of nitrogens with zero attached hydrogens (tertiary/aromatic N) is 1. The van der Waals surface area contributed by atoms with Gasteiger partial charge in [0.1, 0.15) is 0 Å². The summed E-state index contributed by atoms with van der Waals surface area (Å²) in [5, 5.41) is 9.58. The number of amides is 1. The molecule has 3 aromatic rings. The van der Waals surface area contributed by atoms with Gasteiger partial charge < -0.3 is 10.8 Å². The number of phenolic OH excluding ortho intramolecular Hbond substituents is 1. The quantitative estimate of drug-likeness (QED) is 0.735. The van der Waals surface area contributed by atoms with E-state index in [1.807, 2.05) is 0 Å². The van der Waals surface area contributed by atoms with Gasteiger partial charge in [-0.15, -0.1) is 0 Å². The van der Waals surface area contributed by atoms with Gasteiger partial charge in [0.05, 0.1) is 11.4 Å². The average Bonchev–Trinajstić information content (AvgIpc) is 2.91. The Balaban J connectivity index is 2.35. The molecule has 0 aliphatic heterocycles. The van der Waals surface area contributed by atoms with Crippen molar-refractivity contribution in [3.8, 4) is 5.75 Å². The van der Waals surface area contributed by atoms with E-state index in [-0.39, 0.29) is 27.7 Å². The van der Waals surface area contributed by atoms with Crippen molar-refractivity contribution < 1.29 is 27.9 Å². The number of phenols is 1. The molecule has 27 heavy (non-hydrogen) atoms. The summed E-state index contributed by atoms with van der Waals surface area (Å²) in [4.78, 5) is 24.6. The van der Waals surface area contributed by atoms with Crippen molar-refractivity contribution in [2.45, 2.75) is 19.8 Å². The van der Waals surface area contributed by atoms with Gasteiger partial charge in [0.2, 0.25) is 5.91 Å². The van der Waals surface area contributed by atoms with Gasteiger partial charge in [-0.25, -0.2) is 13.2 Å². The first-order valence-electron chi connectivity index (χ1n) is 7.96. The van der Waals surface area contributed by atoms with Crippen LogP contribution in [0.3, 0.4) is 0 Å². The van der Waals surface area contributed by atoms with E-state index in [9.17, 15) is 27.9 Å². The number of hydrogen-bond donors (Lipinski definition) is 2. The van der Waals surface area contributed by atoms with Gasteiger partial charge in [0.15, 0.2) is 23.2 Å². The lowest BCUT2D eigenvalue weighted by Crippen LogP contribution is -2.20. The van der Waals surface area contributed by atoms with Crippen molar-refractivity contribution in [2.24, 2.45) is 5.73 Å². The van der Waals surface area contributed by atoms with E-state index >= 15 is 0 Å². The van der Waals surface area contributed by atoms with Gasteiger partial charge >= 0.3 is 0 Å². The van der Waals surface area contributed by atoms with Gasteiger partial charge in [0.25, 0.3) is 5.91 Å². The Labute approximate surface area is 151 Å². The van der Waals surface area contributed by atoms with E-state index in [0.29, 0.717) is 0 Å². The Kier molecular flexibility index (Phi) is 4.43. The summed E-state index contributed by atoms with van der Waals surface area (Å²) in [6, 6.07) is 5.00. The Bertz CT molecular complexity index is 1110. The molecule has 1 atom stereocenters. The summed E-state index contributed by atoms with van der Waals surface area (Å²) >= 11 is 0. The predicted molar refractivity (Wildman–Crippen MR) is 92.0 cm³/mol. The normalized spacial score (nSPS) is 12.3. The smallest absolute Gasteiger partial charge is 0.262 e. The molecule has 8 heteroatoms. The minimum absolute atomic E-state index is 0.0700. The minimum atomic E-state index is -1.20. The van der Waals surface area contributed by atoms with Gasteiger partial charge in [-0.2, -0.15) is 0 Å². The van der Waals surface area contributed by atoms with Crippen molar-refractivity contribution in [2.75, 3.05) is 0 Å². The number of benzene rings is 2. The number of halogens is 3. The van der Waals surface area contributed by atoms with E-state index in [1.165, 1.54) is 19.9 Å². The van der Waals surface area contributed by atoms with Crippen molar-refractivity contribution in [3.63, 3.8) is 0 Å². The number of aromatic nitrogens is 1. The third-order valence-electron chi connectivity index (χ3n) is 4.56. The van der Waals surface area contributed by atoms with Crippen LogP contribution in [-0.4, -0.2) is 21.5 Å². The lowest BCUT2D eigenvalue weighted by atomic mass is 9.97. The van der Waals surface area contributed by atoms with E-state index in [4.69, 9.17) is 5.73 Å². The molecule has 0 aliphatic carbocycles. The van der Waals surface area contributed by atoms with Crippen LogP contribution in [0.2, 0.25) is 0 Å². The van der Waals surface area contributed by atoms with Gasteiger partial charge in [-0.3, -0.25) is 14.2 Å². The molecule has 0 spiro atoms. The number of carbonyl (C=O) groups is 2. The highest BCUT2D eigenvalue weighted by molar-refractivity contribution is 6.05. The second-order valence-electron chi connectivity index (χ2n) is 6.19. The molecule has 0 fully saturated rings. The predicted octanol–water partition coefficient (Wildman–Crippen LogP) is 3.35. The van der Waals surface area contributed by atoms with Crippen molar-refractivity contribution >= 4 is 22.7 Å². The molecule has 3 rings (SSSR count). The second kappa shape index (κ2) is 6.46. The minimum Gasteiger partial charge on any atom is -0.505 e. The van der Waals surface area contributed by atoms with E-state index in [0.717, 1.165) is 28.8 Å². The van der Waals surface area contributed by atoms with Crippen LogP contribution in [0.25, 0.3) is 10.9 Å². The molecule has 0 radical (unpaired) electrons. The van der Waals surface area contributed by atoms with Crippen LogP contribution in [0, 0.1) is 24.4 Å². The zero-order chi connectivity index (χ0) is 20.0. The number of nitrogens with two attached hydrogens (primary N) is 1. The number of aromatic hydroxyl groups is 1. The molecule has 1 amide bonds. The fourth-order valence-electron chi connectivity index (χ4n) is 3.17. The second-order valence-corrected chi connectivity index (χ2v) is 6.19. The standard InChI is InChI=1S/C19H15F3N2O3/c1-8(18(23)26)15-9(2)24(13-5-6-14(25)17(22)16(13)15)19(27)10-3-4-11(20)12(21)7-10/h3-8,25H,1-2H3,(H2,23,26)/t8-/m0/s1. The lowest BCUT2D eigenvalue weighted by Gasteiger charge is -2.10. The Hall–Kier alpha value is -3.29. The van der Waals surface area contributed by atoms with Crippen LogP contribution in [0.15, 0.2) is 30.3 Å². The molecule has 0 unspecified atom stereocenters. The molecular weight excluding hydrogens is 361 g/mol. The van der Waals surface area contributed by atoms with Crippen LogP contribution in [-0.2, 0) is 4.79 Å². The molecule has 3 N–H and O–H groups in total. The van der Waals surface area contributed by atoms with Crippen molar-refractivity contribution in [3.05, 3.63) is 64.6 Å². The fraction of sp³-hybridized carbons (Fsp3) is 0.158. The third kappa shape index (κ3) is 2.83. The maximum absolute atomic E-state index is 14.6. The van der Waals surface area contributed by atoms with Gasteiger partial charge in [-0.05, 0) is 49.7 Å². The van der Waals surface area contributed by atoms with Gasteiger partial charge in [-0.1, -0.05) is 0 Å². The highest BCUT2D eigenvalue weighted by atomic mass is 19.2. The summed E-state index contributed by atoms with van der Waals surface area (Å²) in [6.07, 6.45) is 0. The first-order valence-corrected chi connectivity index (χ1v) is 7.96. The topological polar surface area (TPSA) is 85.3 Å². The number of hydrogen-bond acceptors (Lipinski definition) is 3. The number of rotatable bonds is 3. The summed E-state index contributed by atoms with van der Waals surface area (Å²) < 4.78 is 42.4. The Morgan fingerprint density at radius 3 is 2.37 bits per heavy atom. The summed E-state index contributed by atoms with van der Waals surface area (Å²) in [6.45, 7) is 2.92. The van der Waals surface area contributed by atoms with Crippen LogP contribution >= 0.6 is 0 Å². The zero-order valence-corrected chi connectivity index (χ0v) is 14.4. The van der Waals surface area contributed by atoms with Crippen molar-refractivity contribution in [1.29, 1.82) is 0 Å². The number of fused-ring (bicyclic) bond motifs is 1. The van der Waals surface area contributed by atoms with Crippen LogP contribution in [0.1, 0.15) is 34.5 Å². The molecule has 2 aromatic carbocycles. The van der Waals surface area contributed by atoms with Crippen LogP contribution < -0.4 is 5.73 Å². The largest absolute Gasteiger partial charge is 0.505 e. The molecule has 0 bridgehead atoms. The molecule has 1 aromatic heterocycles. The van der Waals surface area contributed by atoms with Crippen LogP contribution in [0.4, 0.5) is 13.2 Å². The molecule has 0 saturated carbocycles. The molecular formula is C19H15F3N2O3. The molecule has 140 valence electrons. The maximum atomic E-state index is 14.6. The molecule has 5 nitrogen and oxygen atoms in total. The highest BCUT2D eigenvalue weighted by Crippen LogP contribution is 2.37. The first-order chi connectivity index (χ1) is 12.6. The third-order valence-corrected chi connectivity index (χ3v) is 4.56. The fourth-order valence-corrected chi connectivity index (χ4v) is 3.17. The van der Waals surface area contributed by atoms with Gasteiger partial charge in [0, 0.05) is 16.6 Å². The van der Waals surface area contributed by atoms with Crippen LogP contribution in [0.5, 0.6) is 5.75 Å². The maximum Gasteiger partial charge on any atom is 0.262 e. The Morgan fingerprint density at radius 2 is 1.78 bits per heavy atom. The van der Waals surface area contributed by atoms with E-state index in [1.54, 1.807) is 0 Å². The van der Waals surface area contributed by atoms with E-state index < -0.39 is 40.9 Å². The average molecular weight is 376 g/mol. The monoisotopic (exact) mass is 376 g/mol. The summed E-state index contributed by atoms with van der Waals surface area (Å²) in [5.74, 6) is -6.43. The Morgan fingerprint density at radius 1 is 1.11 bits per heavy atom. The highest BCUT2D eigenvalue weighted by Gasteiger charge is 2.28. The first kappa shape index (κ1) is 18.5. The number of primary amides is 1. The van der Waals surface area contributed by atoms with E-state index in [2.05, 4.69) is 0 Å². The zero-order valence-electron chi connectivity index (χ0n) is 14.4. The summed E-state index contributed by atoms with van der Waals surface area (Å²) in [5.41, 5.74) is 5.59. The molecule has 1 heterocycles.